The van der Waals surface area contributed by atoms with Crippen LogP contribution in [0.2, 0.25) is 0 Å². The number of hydrogen-bond acceptors (Lipinski definition) is 1. The van der Waals surface area contributed by atoms with Gasteiger partial charge in [0.25, 0.3) is 0 Å². The van der Waals surface area contributed by atoms with Crippen molar-refractivity contribution in [1.29, 1.82) is 0 Å². The maximum atomic E-state index is 3.52. The van der Waals surface area contributed by atoms with E-state index < -0.39 is 0 Å². The normalized spacial score (nSPS) is 21.2. The molecule has 1 unspecified atom stereocenters. The summed E-state index contributed by atoms with van der Waals surface area (Å²) in [4.78, 5) is 0. The lowest BCUT2D eigenvalue weighted by Gasteiger charge is -2.26. The summed E-state index contributed by atoms with van der Waals surface area (Å²) in [6.45, 7) is 3.30. The van der Waals surface area contributed by atoms with E-state index in [2.05, 4.69) is 42.9 Å². The van der Waals surface area contributed by atoms with Crippen molar-refractivity contribution in [2.24, 2.45) is 0 Å². The van der Waals surface area contributed by atoms with Crippen molar-refractivity contribution in [3.05, 3.63) is 41.8 Å². The quantitative estimate of drug-likeness (QED) is 0.726. The minimum Gasteiger partial charge on any atom is -0.309 e. The highest BCUT2D eigenvalue weighted by Gasteiger charge is 2.17. The van der Waals surface area contributed by atoms with Crippen LogP contribution in [0, 0.1) is 6.42 Å². The van der Waals surface area contributed by atoms with Gasteiger partial charge in [-0.05, 0) is 30.5 Å². The van der Waals surface area contributed by atoms with Crippen LogP contribution in [0.5, 0.6) is 0 Å². The van der Waals surface area contributed by atoms with Gasteiger partial charge >= 0.3 is 0 Å². The average molecular weight is 174 g/mol. The van der Waals surface area contributed by atoms with Crippen LogP contribution in [0.4, 0.5) is 0 Å². The lowest BCUT2D eigenvalue weighted by molar-refractivity contribution is 0.544. The molecular formula is C12H16N. The number of hydrogen-bond donors (Lipinski definition) is 1. The number of fused-ring (bicyclic) bond motifs is 1. The van der Waals surface area contributed by atoms with Crippen molar-refractivity contribution < 1.29 is 0 Å². The molecule has 0 bridgehead atoms. The van der Waals surface area contributed by atoms with Crippen molar-refractivity contribution in [2.75, 3.05) is 6.54 Å². The van der Waals surface area contributed by atoms with Crippen molar-refractivity contribution >= 4 is 0 Å². The molecule has 0 saturated carbocycles. The Balaban J connectivity index is 2.26. The zero-order valence-electron chi connectivity index (χ0n) is 8.09. The molecule has 1 atom stereocenters. The van der Waals surface area contributed by atoms with Gasteiger partial charge in [0.15, 0.2) is 0 Å². The standard InChI is InChI=1S/C12H16N/c1-2-5-12-11-7-4-3-6-10(11)8-9-13-12/h3-7,12-13H,2,8-9H2,1H3. The predicted molar refractivity (Wildman–Crippen MR) is 55.5 cm³/mol. The number of nitrogens with one attached hydrogen (secondary N) is 1. The maximum Gasteiger partial charge on any atom is 0.0354 e. The predicted octanol–water partition coefficient (Wildman–Crippen LogP) is 2.49. The highest BCUT2D eigenvalue weighted by molar-refractivity contribution is 5.33. The SMILES string of the molecule is CC[CH]C1NCCc2ccccc21. The van der Waals surface area contributed by atoms with Crippen LogP contribution in [0.15, 0.2) is 24.3 Å². The molecule has 1 heterocycles. The molecule has 1 aromatic rings. The largest absolute Gasteiger partial charge is 0.309 e. The lowest BCUT2D eigenvalue weighted by Crippen LogP contribution is -2.29. The first-order valence-electron chi connectivity index (χ1n) is 5.06. The third-order valence-electron chi connectivity index (χ3n) is 2.62. The molecule has 69 valence electrons. The Kier molecular flexibility index (Phi) is 2.65. The molecule has 0 spiro atoms. The molecule has 1 aromatic carbocycles. The molecule has 1 N–H and O–H groups in total. The van der Waals surface area contributed by atoms with Crippen molar-refractivity contribution in [2.45, 2.75) is 25.8 Å². The second-order valence-corrected chi connectivity index (χ2v) is 3.52. The summed E-state index contributed by atoms with van der Waals surface area (Å²) >= 11 is 0. The highest BCUT2D eigenvalue weighted by Crippen LogP contribution is 2.24. The fourth-order valence-electron chi connectivity index (χ4n) is 1.98. The average Bonchev–Trinajstić information content (AvgIpc) is 2.19. The highest BCUT2D eigenvalue weighted by atomic mass is 14.9. The molecular weight excluding hydrogens is 158 g/mol. The Morgan fingerprint density at radius 1 is 1.46 bits per heavy atom. The van der Waals surface area contributed by atoms with E-state index in [1.54, 1.807) is 0 Å². The Morgan fingerprint density at radius 2 is 2.31 bits per heavy atom. The summed E-state index contributed by atoms with van der Waals surface area (Å²) in [6, 6.07) is 9.22. The lowest BCUT2D eigenvalue weighted by atomic mass is 9.92. The molecule has 0 amide bonds. The monoisotopic (exact) mass is 174 g/mol. The summed E-state index contributed by atoms with van der Waals surface area (Å²) in [6.07, 6.45) is 4.65. The zero-order valence-corrected chi connectivity index (χ0v) is 8.09. The Bertz CT molecular complexity index is 280. The minimum absolute atomic E-state index is 0.481. The smallest absolute Gasteiger partial charge is 0.0354 e. The first-order chi connectivity index (χ1) is 6.42. The molecule has 1 aliphatic rings. The molecule has 0 aliphatic carbocycles. The van der Waals surface area contributed by atoms with Crippen LogP contribution in [0.25, 0.3) is 0 Å². The van der Waals surface area contributed by atoms with E-state index in [0.717, 1.165) is 13.0 Å². The van der Waals surface area contributed by atoms with Gasteiger partial charge in [-0.1, -0.05) is 37.6 Å². The van der Waals surface area contributed by atoms with Crippen molar-refractivity contribution in [1.82, 2.24) is 5.32 Å². The van der Waals surface area contributed by atoms with Crippen molar-refractivity contribution in [3.63, 3.8) is 0 Å². The van der Waals surface area contributed by atoms with Crippen LogP contribution in [-0.2, 0) is 6.42 Å². The second-order valence-electron chi connectivity index (χ2n) is 3.52. The van der Waals surface area contributed by atoms with E-state index in [9.17, 15) is 0 Å². The number of benzene rings is 1. The maximum absolute atomic E-state index is 3.52. The Morgan fingerprint density at radius 3 is 3.15 bits per heavy atom. The van der Waals surface area contributed by atoms with Crippen LogP contribution in [-0.4, -0.2) is 6.54 Å². The summed E-state index contributed by atoms with van der Waals surface area (Å²) in [7, 11) is 0. The van der Waals surface area contributed by atoms with E-state index in [1.165, 1.54) is 17.5 Å². The Hall–Kier alpha value is -0.820. The topological polar surface area (TPSA) is 12.0 Å². The molecule has 0 fully saturated rings. The first kappa shape index (κ1) is 8.76. The molecule has 13 heavy (non-hydrogen) atoms. The zero-order chi connectivity index (χ0) is 9.10. The fraction of sp³-hybridized carbons (Fsp3) is 0.417. The molecule has 1 radical (unpaired) electrons. The molecule has 1 heteroatoms. The van der Waals surface area contributed by atoms with Gasteiger partial charge < -0.3 is 5.32 Å². The van der Waals surface area contributed by atoms with Gasteiger partial charge in [0.1, 0.15) is 0 Å². The summed E-state index contributed by atoms with van der Waals surface area (Å²) in [5, 5.41) is 3.52. The van der Waals surface area contributed by atoms with Crippen LogP contribution in [0.3, 0.4) is 0 Å². The third kappa shape index (κ3) is 1.75. The molecule has 1 nitrogen and oxygen atoms in total. The molecule has 0 aromatic heterocycles. The van der Waals surface area contributed by atoms with Crippen LogP contribution in [0.1, 0.15) is 30.5 Å². The van der Waals surface area contributed by atoms with Gasteiger partial charge in [0, 0.05) is 6.04 Å². The third-order valence-corrected chi connectivity index (χ3v) is 2.62. The Labute approximate surface area is 80.2 Å². The van der Waals surface area contributed by atoms with Gasteiger partial charge in [-0.3, -0.25) is 0 Å². The summed E-state index contributed by atoms with van der Waals surface area (Å²) in [5.41, 5.74) is 2.98. The van der Waals surface area contributed by atoms with Gasteiger partial charge in [0.05, 0.1) is 0 Å². The summed E-state index contributed by atoms with van der Waals surface area (Å²) < 4.78 is 0. The van der Waals surface area contributed by atoms with Gasteiger partial charge in [-0.2, -0.15) is 0 Å². The van der Waals surface area contributed by atoms with E-state index in [1.807, 2.05) is 0 Å². The summed E-state index contributed by atoms with van der Waals surface area (Å²) in [5.74, 6) is 0. The van der Waals surface area contributed by atoms with E-state index in [0.29, 0.717) is 6.04 Å². The molecule has 2 rings (SSSR count). The van der Waals surface area contributed by atoms with Gasteiger partial charge in [-0.25, -0.2) is 0 Å². The molecule has 0 saturated heterocycles. The fourth-order valence-corrected chi connectivity index (χ4v) is 1.98. The van der Waals surface area contributed by atoms with Crippen molar-refractivity contribution in [3.8, 4) is 0 Å². The molecule has 1 aliphatic heterocycles. The van der Waals surface area contributed by atoms with Crippen LogP contribution >= 0.6 is 0 Å². The van der Waals surface area contributed by atoms with E-state index in [4.69, 9.17) is 0 Å². The minimum atomic E-state index is 0.481. The van der Waals surface area contributed by atoms with Gasteiger partial charge in [-0.15, -0.1) is 0 Å². The van der Waals surface area contributed by atoms with E-state index >= 15 is 0 Å². The number of rotatable bonds is 2. The van der Waals surface area contributed by atoms with Crippen LogP contribution < -0.4 is 5.32 Å². The van der Waals surface area contributed by atoms with Gasteiger partial charge in [0.2, 0.25) is 0 Å². The second kappa shape index (κ2) is 3.93. The van der Waals surface area contributed by atoms with E-state index in [-0.39, 0.29) is 0 Å². The first-order valence-corrected chi connectivity index (χ1v) is 5.06.